The molecule has 1 unspecified atom stereocenters. The molecule has 12 heavy (non-hydrogen) atoms. The second-order valence-corrected chi connectivity index (χ2v) is 4.41. The molecule has 0 spiro atoms. The molecule has 0 aromatic rings. The van der Waals surface area contributed by atoms with Gasteiger partial charge in [0.15, 0.2) is 0 Å². The second-order valence-electron chi connectivity index (χ2n) is 2.55. The fraction of sp³-hybridized carbons (Fsp3) is 1.00. The molecule has 0 heterocycles. The number of hydrogen-bond acceptors (Lipinski definition) is 1. The zero-order chi connectivity index (χ0) is 9.61. The van der Waals surface area contributed by atoms with Gasteiger partial charge in [-0.25, -0.2) is 0 Å². The lowest BCUT2D eigenvalue weighted by atomic mass is 10.3. The van der Waals surface area contributed by atoms with E-state index in [-0.39, 0.29) is 11.7 Å². The molecule has 0 saturated carbocycles. The summed E-state index contributed by atoms with van der Waals surface area (Å²) in [6.45, 7) is 1.91. The topological polar surface area (TPSA) is 0 Å². The average Bonchev–Trinajstić information content (AvgIpc) is 1.96. The quantitative estimate of drug-likeness (QED) is 0.503. The van der Waals surface area contributed by atoms with Gasteiger partial charge in [-0.3, -0.25) is 0 Å². The first-order valence-electron chi connectivity index (χ1n) is 3.70. The maximum Gasteiger partial charge on any atom is 0.389 e. The lowest BCUT2D eigenvalue weighted by Crippen LogP contribution is -2.08. The lowest BCUT2D eigenvalue weighted by Gasteiger charge is -2.08. The minimum atomic E-state index is -4.01. The van der Waals surface area contributed by atoms with Crippen molar-refractivity contribution in [3.63, 3.8) is 0 Å². The fourth-order valence-electron chi connectivity index (χ4n) is 0.602. The van der Waals surface area contributed by atoms with Gasteiger partial charge >= 0.3 is 6.18 Å². The Morgan fingerprint density at radius 2 is 2.00 bits per heavy atom. The van der Waals surface area contributed by atoms with Crippen LogP contribution >= 0.6 is 23.4 Å². The minimum Gasteiger partial charge on any atom is -0.171 e. The highest BCUT2D eigenvalue weighted by molar-refractivity contribution is 7.99. The van der Waals surface area contributed by atoms with Crippen LogP contribution in [0.4, 0.5) is 13.2 Å². The van der Waals surface area contributed by atoms with Crippen LogP contribution in [0.1, 0.15) is 19.8 Å². The second kappa shape index (κ2) is 5.97. The first-order valence-corrected chi connectivity index (χ1v) is 5.28. The predicted molar refractivity (Wildman–Crippen MR) is 47.9 cm³/mol. The molecule has 0 amide bonds. The number of halogens is 4. The monoisotopic (exact) mass is 220 g/mol. The molecule has 5 heteroatoms. The van der Waals surface area contributed by atoms with Crippen LogP contribution in [0.15, 0.2) is 0 Å². The van der Waals surface area contributed by atoms with Gasteiger partial charge in [0, 0.05) is 17.6 Å². The third-order valence-electron chi connectivity index (χ3n) is 1.22. The summed E-state index contributed by atoms with van der Waals surface area (Å²) >= 11 is 6.96. The molecule has 0 bridgehead atoms. The SMILES string of the molecule is CC(CCl)SCCCC(F)(F)F. The van der Waals surface area contributed by atoms with Crippen molar-refractivity contribution in [3.05, 3.63) is 0 Å². The van der Waals surface area contributed by atoms with E-state index in [0.29, 0.717) is 11.6 Å². The third-order valence-corrected chi connectivity index (χ3v) is 3.13. The molecule has 0 radical (unpaired) electrons. The Morgan fingerprint density at radius 3 is 2.42 bits per heavy atom. The Morgan fingerprint density at radius 1 is 1.42 bits per heavy atom. The van der Waals surface area contributed by atoms with Crippen LogP contribution in [-0.2, 0) is 0 Å². The first kappa shape index (κ1) is 12.4. The predicted octanol–water partition coefficient (Wildman–Crippen LogP) is 3.69. The van der Waals surface area contributed by atoms with Gasteiger partial charge in [-0.05, 0) is 12.2 Å². The molecule has 0 aliphatic heterocycles. The highest BCUT2D eigenvalue weighted by atomic mass is 35.5. The van der Waals surface area contributed by atoms with Crippen molar-refractivity contribution < 1.29 is 13.2 Å². The summed E-state index contributed by atoms with van der Waals surface area (Å²) in [5, 5.41) is 0.250. The van der Waals surface area contributed by atoms with Gasteiger partial charge < -0.3 is 0 Å². The number of thioether (sulfide) groups is 1. The van der Waals surface area contributed by atoms with Gasteiger partial charge in [0.1, 0.15) is 0 Å². The summed E-state index contributed by atoms with van der Waals surface area (Å²) in [5.74, 6) is 1.03. The molecule has 0 fully saturated rings. The van der Waals surface area contributed by atoms with E-state index < -0.39 is 12.6 Å². The van der Waals surface area contributed by atoms with Crippen molar-refractivity contribution >= 4 is 23.4 Å². The smallest absolute Gasteiger partial charge is 0.171 e. The molecule has 0 aliphatic carbocycles. The van der Waals surface area contributed by atoms with Gasteiger partial charge in [0.25, 0.3) is 0 Å². The Kier molecular flexibility index (Phi) is 6.19. The van der Waals surface area contributed by atoms with Crippen LogP contribution in [0.25, 0.3) is 0 Å². The fourth-order valence-corrected chi connectivity index (χ4v) is 1.67. The van der Waals surface area contributed by atoms with Crippen molar-refractivity contribution in [1.82, 2.24) is 0 Å². The molecule has 0 rings (SSSR count). The summed E-state index contributed by atoms with van der Waals surface area (Å²) < 4.78 is 34.9. The number of alkyl halides is 4. The van der Waals surface area contributed by atoms with E-state index >= 15 is 0 Å². The largest absolute Gasteiger partial charge is 0.389 e. The van der Waals surface area contributed by atoms with E-state index in [1.54, 1.807) is 0 Å². The normalized spacial score (nSPS) is 14.8. The summed E-state index contributed by atoms with van der Waals surface area (Å²) in [6, 6.07) is 0. The Balaban J connectivity index is 3.22. The van der Waals surface area contributed by atoms with Gasteiger partial charge in [-0.1, -0.05) is 6.92 Å². The van der Waals surface area contributed by atoms with E-state index in [0.717, 1.165) is 0 Å². The highest BCUT2D eigenvalue weighted by Crippen LogP contribution is 2.23. The van der Waals surface area contributed by atoms with Crippen molar-refractivity contribution in [3.8, 4) is 0 Å². The van der Waals surface area contributed by atoms with Crippen LogP contribution in [0.2, 0.25) is 0 Å². The van der Waals surface area contributed by atoms with Crippen LogP contribution in [0, 0.1) is 0 Å². The van der Waals surface area contributed by atoms with E-state index in [2.05, 4.69) is 0 Å². The standard InChI is InChI=1S/C7H12ClF3S/c1-6(5-8)12-4-2-3-7(9,10)11/h6H,2-5H2,1H3. The molecule has 0 aromatic carbocycles. The molecule has 74 valence electrons. The van der Waals surface area contributed by atoms with Crippen molar-refractivity contribution in [2.45, 2.75) is 31.2 Å². The maximum absolute atomic E-state index is 11.6. The Hall–Kier alpha value is 0.430. The third kappa shape index (κ3) is 8.53. The van der Waals surface area contributed by atoms with Gasteiger partial charge in [0.05, 0.1) is 0 Å². The Labute approximate surface area is 79.9 Å². The highest BCUT2D eigenvalue weighted by Gasteiger charge is 2.25. The molecule has 0 saturated heterocycles. The van der Waals surface area contributed by atoms with Crippen molar-refractivity contribution in [2.24, 2.45) is 0 Å². The van der Waals surface area contributed by atoms with Gasteiger partial charge in [-0.15, -0.1) is 11.6 Å². The van der Waals surface area contributed by atoms with Crippen LogP contribution in [0.3, 0.4) is 0 Å². The summed E-state index contributed by atoms with van der Waals surface area (Å²) in [5.41, 5.74) is 0. The lowest BCUT2D eigenvalue weighted by molar-refractivity contribution is -0.134. The van der Waals surface area contributed by atoms with Crippen LogP contribution in [-0.4, -0.2) is 23.1 Å². The summed E-state index contributed by atoms with van der Waals surface area (Å²) in [7, 11) is 0. The van der Waals surface area contributed by atoms with Crippen LogP contribution < -0.4 is 0 Å². The zero-order valence-corrected chi connectivity index (χ0v) is 8.40. The molecule has 0 aliphatic rings. The van der Waals surface area contributed by atoms with Crippen molar-refractivity contribution in [2.75, 3.05) is 11.6 Å². The molecular weight excluding hydrogens is 209 g/mol. The molecular formula is C7H12ClF3S. The zero-order valence-electron chi connectivity index (χ0n) is 6.83. The van der Waals surface area contributed by atoms with E-state index in [9.17, 15) is 13.2 Å². The van der Waals surface area contributed by atoms with Gasteiger partial charge in [-0.2, -0.15) is 24.9 Å². The summed E-state index contributed by atoms with van der Waals surface area (Å²) in [4.78, 5) is 0. The maximum atomic E-state index is 11.6. The van der Waals surface area contributed by atoms with Gasteiger partial charge in [0.2, 0.25) is 0 Å². The van der Waals surface area contributed by atoms with Crippen LogP contribution in [0.5, 0.6) is 0 Å². The minimum absolute atomic E-state index is 0.190. The number of hydrogen-bond donors (Lipinski definition) is 0. The molecule has 0 N–H and O–H groups in total. The Bertz CT molecular complexity index is 116. The summed E-state index contributed by atoms with van der Waals surface area (Å²) in [6.07, 6.45) is -4.50. The number of rotatable bonds is 5. The first-order chi connectivity index (χ1) is 5.45. The average molecular weight is 221 g/mol. The molecule has 0 nitrogen and oxygen atoms in total. The molecule has 0 aromatic heterocycles. The van der Waals surface area contributed by atoms with E-state index in [1.165, 1.54) is 11.8 Å². The molecule has 1 atom stereocenters. The van der Waals surface area contributed by atoms with Crippen molar-refractivity contribution in [1.29, 1.82) is 0 Å². The van der Waals surface area contributed by atoms with E-state index in [1.807, 2.05) is 6.92 Å². The van der Waals surface area contributed by atoms with E-state index in [4.69, 9.17) is 11.6 Å².